The molecule has 0 unspecified atom stereocenters. The monoisotopic (exact) mass is 430 g/mol. The molecule has 2 aromatic rings. The van der Waals surface area contributed by atoms with Gasteiger partial charge in [-0.3, -0.25) is 4.79 Å². The van der Waals surface area contributed by atoms with Gasteiger partial charge in [-0.05, 0) is 74.9 Å². The lowest BCUT2D eigenvalue weighted by Crippen LogP contribution is -2.29. The van der Waals surface area contributed by atoms with E-state index in [-0.39, 0.29) is 10.8 Å². The van der Waals surface area contributed by atoms with Crippen molar-refractivity contribution >= 4 is 15.9 Å². The Labute approximate surface area is 179 Å². The summed E-state index contributed by atoms with van der Waals surface area (Å²) in [4.78, 5) is 12.8. The number of rotatable bonds is 9. The van der Waals surface area contributed by atoms with Crippen molar-refractivity contribution in [2.45, 2.75) is 44.4 Å². The number of nitrogens with one attached hydrogen (secondary N) is 1. The van der Waals surface area contributed by atoms with Crippen molar-refractivity contribution in [1.29, 1.82) is 0 Å². The van der Waals surface area contributed by atoms with Crippen molar-refractivity contribution in [3.8, 4) is 5.75 Å². The van der Waals surface area contributed by atoms with E-state index in [1.54, 1.807) is 19.1 Å². The fraction of sp³-hybridized carbons (Fsp3) is 0.435. The molecule has 1 fully saturated rings. The Morgan fingerprint density at radius 3 is 2.47 bits per heavy atom. The van der Waals surface area contributed by atoms with Crippen LogP contribution in [0.1, 0.15) is 47.7 Å². The fourth-order valence-corrected chi connectivity index (χ4v) is 5.37. The van der Waals surface area contributed by atoms with E-state index in [1.165, 1.54) is 15.9 Å². The number of benzene rings is 2. The highest BCUT2D eigenvalue weighted by Crippen LogP contribution is 2.24. The van der Waals surface area contributed by atoms with Crippen molar-refractivity contribution in [3.63, 3.8) is 0 Å². The largest absolute Gasteiger partial charge is 0.494 e. The lowest BCUT2D eigenvalue weighted by atomic mass is 10.1. The van der Waals surface area contributed by atoms with Gasteiger partial charge in [-0.25, -0.2) is 8.42 Å². The van der Waals surface area contributed by atoms with Crippen LogP contribution in [0.2, 0.25) is 0 Å². The smallest absolute Gasteiger partial charge is 0.251 e. The van der Waals surface area contributed by atoms with Gasteiger partial charge in [-0.2, -0.15) is 4.31 Å². The SMILES string of the molecule is CCOc1ccc(CCCNC(=O)c2ccc(C)c(S(=O)(=O)N3CCCC3)c2)cc1. The van der Waals surface area contributed by atoms with Crippen molar-refractivity contribution in [1.82, 2.24) is 9.62 Å². The molecule has 1 saturated heterocycles. The highest BCUT2D eigenvalue weighted by Gasteiger charge is 2.29. The van der Waals surface area contributed by atoms with E-state index in [0.717, 1.165) is 31.4 Å². The summed E-state index contributed by atoms with van der Waals surface area (Å²) in [6.45, 7) is 5.98. The molecule has 1 aliphatic heterocycles. The molecule has 1 heterocycles. The number of ether oxygens (including phenoxy) is 1. The maximum absolute atomic E-state index is 12.9. The molecule has 0 radical (unpaired) electrons. The predicted molar refractivity (Wildman–Crippen MR) is 117 cm³/mol. The number of carbonyl (C=O) groups excluding carboxylic acids is 1. The molecule has 0 bridgehead atoms. The Kier molecular flexibility index (Phi) is 7.50. The first kappa shape index (κ1) is 22.3. The minimum absolute atomic E-state index is 0.228. The standard InChI is InChI=1S/C23H30N2O4S/c1-3-29-21-12-9-19(10-13-21)7-6-14-24-23(26)20-11-8-18(2)22(17-20)30(27,28)25-15-4-5-16-25/h8-13,17H,3-7,14-16H2,1-2H3,(H,24,26). The normalized spacial score (nSPS) is 14.6. The first-order chi connectivity index (χ1) is 14.4. The van der Waals surface area contributed by atoms with Crippen LogP contribution in [0.25, 0.3) is 0 Å². The Hall–Kier alpha value is -2.38. The minimum Gasteiger partial charge on any atom is -0.494 e. The second-order valence-electron chi connectivity index (χ2n) is 7.53. The van der Waals surface area contributed by atoms with Gasteiger partial charge in [-0.1, -0.05) is 18.2 Å². The molecule has 1 aliphatic rings. The van der Waals surface area contributed by atoms with Crippen LogP contribution in [0, 0.1) is 6.92 Å². The number of aryl methyl sites for hydroxylation is 2. The number of hydrogen-bond acceptors (Lipinski definition) is 4. The summed E-state index contributed by atoms with van der Waals surface area (Å²) in [6.07, 6.45) is 3.40. The lowest BCUT2D eigenvalue weighted by molar-refractivity contribution is 0.0953. The molecule has 0 aromatic heterocycles. The summed E-state index contributed by atoms with van der Waals surface area (Å²) in [5.41, 5.74) is 2.22. The Balaban J connectivity index is 1.56. The average Bonchev–Trinajstić information content (AvgIpc) is 3.28. The van der Waals surface area contributed by atoms with Gasteiger partial charge >= 0.3 is 0 Å². The van der Waals surface area contributed by atoms with Crippen LogP contribution in [-0.4, -0.2) is 44.9 Å². The van der Waals surface area contributed by atoms with Gasteiger partial charge in [0.1, 0.15) is 5.75 Å². The van der Waals surface area contributed by atoms with Crippen LogP contribution in [0.5, 0.6) is 5.75 Å². The number of nitrogens with zero attached hydrogens (tertiary/aromatic N) is 1. The van der Waals surface area contributed by atoms with Crippen molar-refractivity contribution in [2.75, 3.05) is 26.2 Å². The summed E-state index contributed by atoms with van der Waals surface area (Å²) in [5, 5.41) is 2.90. The predicted octanol–water partition coefficient (Wildman–Crippen LogP) is 3.54. The molecule has 3 rings (SSSR count). The third-order valence-electron chi connectivity index (χ3n) is 5.30. The molecule has 0 saturated carbocycles. The average molecular weight is 431 g/mol. The second kappa shape index (κ2) is 10.1. The van der Waals surface area contributed by atoms with Crippen molar-refractivity contribution < 1.29 is 17.9 Å². The maximum atomic E-state index is 12.9. The van der Waals surface area contributed by atoms with E-state index in [9.17, 15) is 13.2 Å². The molecule has 0 spiro atoms. The van der Waals surface area contributed by atoms with Crippen LogP contribution in [0.4, 0.5) is 0 Å². The van der Waals surface area contributed by atoms with Crippen molar-refractivity contribution in [3.05, 3.63) is 59.2 Å². The summed E-state index contributed by atoms with van der Waals surface area (Å²) >= 11 is 0. The zero-order chi connectivity index (χ0) is 21.6. The zero-order valence-corrected chi connectivity index (χ0v) is 18.5. The zero-order valence-electron chi connectivity index (χ0n) is 17.7. The molecular formula is C23H30N2O4S. The van der Waals surface area contributed by atoms with E-state index < -0.39 is 10.0 Å². The van der Waals surface area contributed by atoms with Crippen LogP contribution < -0.4 is 10.1 Å². The number of sulfonamides is 1. The highest BCUT2D eigenvalue weighted by atomic mass is 32.2. The van der Waals surface area contributed by atoms with E-state index in [4.69, 9.17) is 4.74 Å². The van der Waals surface area contributed by atoms with Gasteiger partial charge in [0.05, 0.1) is 11.5 Å². The summed E-state index contributed by atoms with van der Waals surface area (Å²) in [7, 11) is -3.55. The molecule has 6 nitrogen and oxygen atoms in total. The van der Waals surface area contributed by atoms with E-state index >= 15 is 0 Å². The molecule has 0 aliphatic carbocycles. The van der Waals surface area contributed by atoms with Gasteiger partial charge < -0.3 is 10.1 Å². The van der Waals surface area contributed by atoms with E-state index in [1.807, 2.05) is 31.2 Å². The number of carbonyl (C=O) groups is 1. The second-order valence-corrected chi connectivity index (χ2v) is 9.43. The van der Waals surface area contributed by atoms with Crippen molar-refractivity contribution in [2.24, 2.45) is 0 Å². The molecule has 30 heavy (non-hydrogen) atoms. The van der Waals surface area contributed by atoms with Crippen LogP contribution >= 0.6 is 0 Å². The molecule has 7 heteroatoms. The number of amides is 1. The Bertz CT molecular complexity index is 965. The van der Waals surface area contributed by atoms with E-state index in [2.05, 4.69) is 5.32 Å². The third kappa shape index (κ3) is 5.40. The maximum Gasteiger partial charge on any atom is 0.251 e. The van der Waals surface area contributed by atoms with Gasteiger partial charge in [0.2, 0.25) is 10.0 Å². The lowest BCUT2D eigenvalue weighted by Gasteiger charge is -2.17. The Morgan fingerprint density at radius 2 is 1.80 bits per heavy atom. The quantitative estimate of drug-likeness (QED) is 0.618. The molecule has 1 N–H and O–H groups in total. The minimum atomic E-state index is -3.55. The van der Waals surface area contributed by atoms with E-state index in [0.29, 0.717) is 37.4 Å². The molecule has 2 aromatic carbocycles. The topological polar surface area (TPSA) is 75.7 Å². The fourth-order valence-electron chi connectivity index (χ4n) is 3.60. The first-order valence-corrected chi connectivity index (χ1v) is 12.0. The summed E-state index contributed by atoms with van der Waals surface area (Å²) < 4.78 is 32.7. The summed E-state index contributed by atoms with van der Waals surface area (Å²) in [6, 6.07) is 12.9. The third-order valence-corrected chi connectivity index (χ3v) is 7.34. The highest BCUT2D eigenvalue weighted by molar-refractivity contribution is 7.89. The first-order valence-electron chi connectivity index (χ1n) is 10.5. The molecular weight excluding hydrogens is 400 g/mol. The number of hydrogen-bond donors (Lipinski definition) is 1. The molecule has 1 amide bonds. The van der Waals surface area contributed by atoms with Gasteiger partial charge in [0.15, 0.2) is 0 Å². The van der Waals surface area contributed by atoms with Gasteiger partial charge in [0, 0.05) is 25.2 Å². The van der Waals surface area contributed by atoms with Crippen LogP contribution in [0.15, 0.2) is 47.4 Å². The van der Waals surface area contributed by atoms with Gasteiger partial charge in [-0.15, -0.1) is 0 Å². The van der Waals surface area contributed by atoms with Gasteiger partial charge in [0.25, 0.3) is 5.91 Å². The molecule has 0 atom stereocenters. The molecule has 162 valence electrons. The van der Waals surface area contributed by atoms with Crippen LogP contribution in [-0.2, 0) is 16.4 Å². The summed E-state index contributed by atoms with van der Waals surface area (Å²) in [5.74, 6) is 0.605. The Morgan fingerprint density at radius 1 is 1.10 bits per heavy atom. The van der Waals surface area contributed by atoms with Crippen LogP contribution in [0.3, 0.4) is 0 Å².